The number of thiazole rings is 1. The van der Waals surface area contributed by atoms with Crippen molar-refractivity contribution in [2.24, 2.45) is 0 Å². The lowest BCUT2D eigenvalue weighted by atomic mass is 10.1. The third-order valence-electron chi connectivity index (χ3n) is 4.36. The molecule has 3 heterocycles. The summed E-state index contributed by atoms with van der Waals surface area (Å²) in [5, 5.41) is 5.51. The fourth-order valence-electron chi connectivity index (χ4n) is 2.97. The van der Waals surface area contributed by atoms with Gasteiger partial charge >= 0.3 is 0 Å². The largest absolute Gasteiger partial charge is 0.340 e. The van der Waals surface area contributed by atoms with Gasteiger partial charge in [0.05, 0.1) is 5.69 Å². The first-order chi connectivity index (χ1) is 14.3. The molecule has 29 heavy (non-hydrogen) atoms. The topological polar surface area (TPSA) is 59.8 Å². The fourth-order valence-corrected chi connectivity index (χ4v) is 3.67. The monoisotopic (exact) mass is 400 g/mol. The molecule has 0 unspecified atom stereocenters. The lowest BCUT2D eigenvalue weighted by molar-refractivity contribution is 0.101. The predicted molar refractivity (Wildman–Crippen MR) is 117 cm³/mol. The van der Waals surface area contributed by atoms with Crippen LogP contribution >= 0.6 is 11.3 Å². The van der Waals surface area contributed by atoms with Gasteiger partial charge in [0.1, 0.15) is 5.69 Å². The number of anilines is 1. The number of benzene rings is 1. The number of amides is 1. The molecular formula is C23H20N4OS. The number of hydrogen-bond acceptors (Lipinski definition) is 4. The van der Waals surface area contributed by atoms with Crippen LogP contribution in [0.2, 0.25) is 0 Å². The number of carbonyl (C=O) groups excluding carboxylic acids is 1. The van der Waals surface area contributed by atoms with Gasteiger partial charge < -0.3 is 4.57 Å². The summed E-state index contributed by atoms with van der Waals surface area (Å²) >= 11 is 1.44. The molecule has 0 fully saturated rings. The molecule has 144 valence electrons. The van der Waals surface area contributed by atoms with E-state index in [0.717, 1.165) is 17.7 Å². The van der Waals surface area contributed by atoms with E-state index in [1.54, 1.807) is 12.4 Å². The van der Waals surface area contributed by atoms with Crippen LogP contribution in [0.15, 0.2) is 84.6 Å². The summed E-state index contributed by atoms with van der Waals surface area (Å²) in [4.78, 5) is 21.3. The number of pyridine rings is 1. The second kappa shape index (κ2) is 9.12. The first kappa shape index (κ1) is 18.8. The normalized spacial score (nSPS) is 11.0. The van der Waals surface area contributed by atoms with E-state index >= 15 is 0 Å². The average molecular weight is 401 g/mol. The first-order valence-corrected chi connectivity index (χ1v) is 10.2. The van der Waals surface area contributed by atoms with Crippen LogP contribution in [0.1, 0.15) is 27.3 Å². The highest BCUT2D eigenvalue weighted by Crippen LogP contribution is 2.19. The summed E-state index contributed by atoms with van der Waals surface area (Å²) in [5.41, 5.74) is 3.77. The number of aromatic nitrogens is 3. The molecule has 0 saturated heterocycles. The van der Waals surface area contributed by atoms with Crippen LogP contribution in [0.5, 0.6) is 0 Å². The van der Waals surface area contributed by atoms with Gasteiger partial charge in [0.25, 0.3) is 5.91 Å². The number of nitrogens with one attached hydrogen (secondary N) is 1. The second-order valence-electron chi connectivity index (χ2n) is 6.50. The Morgan fingerprint density at radius 3 is 2.83 bits per heavy atom. The highest BCUT2D eigenvalue weighted by atomic mass is 32.1. The molecule has 4 rings (SSSR count). The van der Waals surface area contributed by atoms with E-state index in [0.29, 0.717) is 17.4 Å². The molecule has 1 aromatic carbocycles. The number of nitrogens with zero attached hydrogens (tertiary/aromatic N) is 3. The van der Waals surface area contributed by atoms with Crippen LogP contribution in [0.25, 0.3) is 6.08 Å². The van der Waals surface area contributed by atoms with Gasteiger partial charge in [-0.3, -0.25) is 15.1 Å². The van der Waals surface area contributed by atoms with Crippen molar-refractivity contribution in [1.82, 2.24) is 14.5 Å². The molecule has 0 aliphatic carbocycles. The first-order valence-electron chi connectivity index (χ1n) is 9.29. The summed E-state index contributed by atoms with van der Waals surface area (Å²) < 4.78 is 1.90. The summed E-state index contributed by atoms with van der Waals surface area (Å²) in [7, 11) is 0. The van der Waals surface area contributed by atoms with E-state index in [1.165, 1.54) is 16.9 Å². The van der Waals surface area contributed by atoms with Crippen molar-refractivity contribution in [1.29, 1.82) is 0 Å². The lowest BCUT2D eigenvalue weighted by Crippen LogP contribution is -2.16. The Balaban J connectivity index is 1.38. The summed E-state index contributed by atoms with van der Waals surface area (Å²) in [5.74, 6) is -0.162. The third kappa shape index (κ3) is 5.06. The molecule has 4 aromatic rings. The number of hydrogen-bond donors (Lipinski definition) is 1. The number of rotatable bonds is 7. The Kier molecular flexibility index (Phi) is 5.92. The zero-order chi connectivity index (χ0) is 19.9. The van der Waals surface area contributed by atoms with Crippen molar-refractivity contribution in [2.75, 3.05) is 5.32 Å². The minimum absolute atomic E-state index is 0.162. The van der Waals surface area contributed by atoms with Crippen LogP contribution in [-0.4, -0.2) is 20.4 Å². The van der Waals surface area contributed by atoms with E-state index in [1.807, 2.05) is 70.8 Å². The summed E-state index contributed by atoms with van der Waals surface area (Å²) in [6.45, 7) is 0.599. The van der Waals surface area contributed by atoms with Gasteiger partial charge in [-0.1, -0.05) is 48.6 Å². The summed E-state index contributed by atoms with van der Waals surface area (Å²) in [6.07, 6.45) is 10.2. The summed E-state index contributed by atoms with van der Waals surface area (Å²) in [6, 6.07) is 17.7. The molecule has 1 amide bonds. The Labute approximate surface area is 173 Å². The molecule has 0 spiro atoms. The van der Waals surface area contributed by atoms with Crippen LogP contribution in [0.3, 0.4) is 0 Å². The van der Waals surface area contributed by atoms with Gasteiger partial charge in [0, 0.05) is 36.9 Å². The van der Waals surface area contributed by atoms with Crippen molar-refractivity contribution in [3.8, 4) is 0 Å². The molecule has 1 N–H and O–H groups in total. The lowest BCUT2D eigenvalue weighted by Gasteiger charge is -2.06. The highest BCUT2D eigenvalue weighted by Gasteiger charge is 2.12. The third-order valence-corrected chi connectivity index (χ3v) is 5.17. The van der Waals surface area contributed by atoms with Gasteiger partial charge in [0.2, 0.25) is 0 Å². The maximum absolute atomic E-state index is 12.7. The molecule has 0 radical (unpaired) electrons. The van der Waals surface area contributed by atoms with Crippen LogP contribution in [0, 0.1) is 0 Å². The maximum atomic E-state index is 12.7. The molecule has 5 nitrogen and oxygen atoms in total. The Bertz CT molecular complexity index is 1100. The zero-order valence-electron chi connectivity index (χ0n) is 15.7. The van der Waals surface area contributed by atoms with Crippen molar-refractivity contribution in [2.45, 2.75) is 13.0 Å². The Morgan fingerprint density at radius 2 is 2.00 bits per heavy atom. The van der Waals surface area contributed by atoms with Gasteiger partial charge in [-0.2, -0.15) is 0 Å². The molecule has 0 aliphatic heterocycles. The molecular weight excluding hydrogens is 380 g/mol. The minimum Gasteiger partial charge on any atom is -0.340 e. The SMILES string of the molecule is O=C(Nc1nc(Cc2ccccc2)cs1)c1cccn1C/C=C\c1cccnc1. The second-order valence-corrected chi connectivity index (χ2v) is 7.35. The smallest absolute Gasteiger partial charge is 0.274 e. The molecule has 0 bridgehead atoms. The Hall–Kier alpha value is -3.51. The Morgan fingerprint density at radius 1 is 1.10 bits per heavy atom. The fraction of sp³-hybridized carbons (Fsp3) is 0.0870. The number of allylic oxidation sites excluding steroid dienone is 1. The van der Waals surface area contributed by atoms with Crippen LogP contribution < -0.4 is 5.32 Å². The molecule has 6 heteroatoms. The van der Waals surface area contributed by atoms with Crippen molar-refractivity contribution in [3.05, 3.63) is 107 Å². The van der Waals surface area contributed by atoms with Gasteiger partial charge in [0.15, 0.2) is 5.13 Å². The van der Waals surface area contributed by atoms with E-state index in [-0.39, 0.29) is 5.91 Å². The standard InChI is InChI=1S/C23H20N4OS/c28-22(26-23-25-20(17-29-23)15-18-7-2-1-3-8-18)21-11-6-14-27(21)13-5-10-19-9-4-12-24-16-19/h1-12,14,16-17H,13,15H2,(H,25,26,28)/b10-5-. The maximum Gasteiger partial charge on any atom is 0.274 e. The van der Waals surface area contributed by atoms with Crippen molar-refractivity contribution >= 4 is 28.5 Å². The van der Waals surface area contributed by atoms with Crippen molar-refractivity contribution < 1.29 is 4.79 Å². The molecule has 0 saturated carbocycles. The van der Waals surface area contributed by atoms with E-state index in [9.17, 15) is 4.79 Å². The van der Waals surface area contributed by atoms with Crippen LogP contribution in [-0.2, 0) is 13.0 Å². The zero-order valence-corrected chi connectivity index (χ0v) is 16.5. The minimum atomic E-state index is -0.162. The van der Waals surface area contributed by atoms with Crippen LogP contribution in [0.4, 0.5) is 5.13 Å². The van der Waals surface area contributed by atoms with Gasteiger partial charge in [-0.05, 0) is 29.3 Å². The van der Waals surface area contributed by atoms with Crippen molar-refractivity contribution in [3.63, 3.8) is 0 Å². The molecule has 0 atom stereocenters. The molecule has 0 aliphatic rings. The van der Waals surface area contributed by atoms with Gasteiger partial charge in [-0.15, -0.1) is 11.3 Å². The van der Waals surface area contributed by atoms with E-state index in [4.69, 9.17) is 0 Å². The number of carbonyl (C=O) groups is 1. The highest BCUT2D eigenvalue weighted by molar-refractivity contribution is 7.14. The predicted octanol–water partition coefficient (Wildman–Crippen LogP) is 4.90. The van der Waals surface area contributed by atoms with E-state index < -0.39 is 0 Å². The average Bonchev–Trinajstić information content (AvgIpc) is 3.39. The quantitative estimate of drug-likeness (QED) is 0.480. The molecule has 3 aromatic heterocycles. The van der Waals surface area contributed by atoms with Gasteiger partial charge in [-0.25, -0.2) is 4.98 Å². The van der Waals surface area contributed by atoms with E-state index in [2.05, 4.69) is 27.4 Å².